The van der Waals surface area contributed by atoms with Crippen LogP contribution in [0.4, 0.5) is 5.69 Å². The van der Waals surface area contributed by atoms with Crippen molar-refractivity contribution in [3.05, 3.63) is 29.8 Å². The number of nitrogens with one attached hydrogen (secondary N) is 3. The van der Waals surface area contributed by atoms with Crippen LogP contribution in [0.5, 0.6) is 0 Å². The van der Waals surface area contributed by atoms with Gasteiger partial charge in [0, 0.05) is 32.1 Å². The fourth-order valence-corrected chi connectivity index (χ4v) is 2.50. The van der Waals surface area contributed by atoms with E-state index in [0.717, 1.165) is 12.2 Å². The third-order valence-corrected chi connectivity index (χ3v) is 3.40. The molecule has 0 fully saturated rings. The van der Waals surface area contributed by atoms with Crippen molar-refractivity contribution in [1.82, 2.24) is 10.6 Å². The number of fused-ring (bicyclic) bond motifs is 1. The minimum Gasteiger partial charge on any atom is -0.384 e. The topological polar surface area (TPSA) is 70.2 Å². The van der Waals surface area contributed by atoms with Crippen LogP contribution in [0.15, 0.2) is 24.3 Å². The predicted molar refractivity (Wildman–Crippen MR) is 74.0 cm³/mol. The molecule has 5 heteroatoms. The molecule has 0 spiro atoms. The summed E-state index contributed by atoms with van der Waals surface area (Å²) in [5, 5.41) is 8.63. The Hall–Kier alpha value is -2.04. The van der Waals surface area contributed by atoms with E-state index in [0.29, 0.717) is 6.42 Å². The van der Waals surface area contributed by atoms with E-state index in [-0.39, 0.29) is 17.7 Å². The first-order valence-corrected chi connectivity index (χ1v) is 6.43. The van der Waals surface area contributed by atoms with Gasteiger partial charge in [-0.05, 0) is 18.1 Å². The average Bonchev–Trinajstić information content (AvgIpc) is 2.80. The van der Waals surface area contributed by atoms with Gasteiger partial charge in [-0.2, -0.15) is 0 Å². The molecule has 2 atom stereocenters. The third-order valence-electron chi connectivity index (χ3n) is 3.40. The lowest BCUT2D eigenvalue weighted by Crippen LogP contribution is -2.45. The molecule has 0 bridgehead atoms. The molecule has 19 heavy (non-hydrogen) atoms. The number of carbonyl (C=O) groups is 2. The van der Waals surface area contributed by atoms with Crippen LogP contribution in [0.3, 0.4) is 0 Å². The van der Waals surface area contributed by atoms with E-state index in [4.69, 9.17) is 0 Å². The largest absolute Gasteiger partial charge is 0.384 e. The molecule has 1 aromatic rings. The highest BCUT2D eigenvalue weighted by molar-refractivity contribution is 5.86. The summed E-state index contributed by atoms with van der Waals surface area (Å²) in [7, 11) is 1.58. The van der Waals surface area contributed by atoms with Gasteiger partial charge in [-0.1, -0.05) is 18.2 Å². The monoisotopic (exact) mass is 261 g/mol. The fraction of sp³-hybridized carbons (Fsp3) is 0.429. The summed E-state index contributed by atoms with van der Waals surface area (Å²) < 4.78 is 0. The normalized spacial score (nSPS) is 18.1. The van der Waals surface area contributed by atoms with Crippen LogP contribution in [0, 0.1) is 0 Å². The van der Waals surface area contributed by atoms with Gasteiger partial charge >= 0.3 is 0 Å². The maximum Gasteiger partial charge on any atom is 0.242 e. The average molecular weight is 261 g/mol. The standard InChI is InChI=1S/C14H19N3O2/c1-9(18)17-13(14(19)15-2)7-10-8-16-12-6-4-3-5-11(10)12/h3-6,10,13,16H,7-8H2,1-2H3,(H,15,19)(H,17,18)/t10-,13?/m1/s1. The molecule has 2 rings (SSSR count). The summed E-state index contributed by atoms with van der Waals surface area (Å²) in [6.45, 7) is 2.23. The van der Waals surface area contributed by atoms with Gasteiger partial charge in [0.1, 0.15) is 6.04 Å². The van der Waals surface area contributed by atoms with Crippen LogP contribution in [0.1, 0.15) is 24.8 Å². The van der Waals surface area contributed by atoms with Crippen molar-refractivity contribution in [1.29, 1.82) is 0 Å². The maximum atomic E-state index is 11.8. The molecule has 0 saturated heterocycles. The summed E-state index contributed by atoms with van der Waals surface area (Å²) >= 11 is 0. The highest BCUT2D eigenvalue weighted by Crippen LogP contribution is 2.33. The summed E-state index contributed by atoms with van der Waals surface area (Å²) in [5.41, 5.74) is 2.33. The van der Waals surface area contributed by atoms with Crippen LogP contribution >= 0.6 is 0 Å². The summed E-state index contributed by atoms with van der Waals surface area (Å²) in [6.07, 6.45) is 0.600. The highest BCUT2D eigenvalue weighted by Gasteiger charge is 2.28. The molecule has 5 nitrogen and oxygen atoms in total. The van der Waals surface area contributed by atoms with E-state index < -0.39 is 6.04 Å². The van der Waals surface area contributed by atoms with Gasteiger partial charge in [0.25, 0.3) is 0 Å². The Bertz CT molecular complexity index is 487. The van der Waals surface area contributed by atoms with Crippen LogP contribution in [-0.2, 0) is 9.59 Å². The molecule has 102 valence electrons. The van der Waals surface area contributed by atoms with Gasteiger partial charge in [-0.15, -0.1) is 0 Å². The van der Waals surface area contributed by atoms with E-state index in [1.807, 2.05) is 18.2 Å². The van der Waals surface area contributed by atoms with Gasteiger partial charge in [0.05, 0.1) is 0 Å². The zero-order chi connectivity index (χ0) is 13.8. The molecule has 1 aromatic carbocycles. The Balaban J connectivity index is 2.10. The van der Waals surface area contributed by atoms with Crippen molar-refractivity contribution in [3.8, 4) is 0 Å². The zero-order valence-corrected chi connectivity index (χ0v) is 11.2. The van der Waals surface area contributed by atoms with E-state index >= 15 is 0 Å². The molecule has 0 radical (unpaired) electrons. The van der Waals surface area contributed by atoms with Crippen molar-refractivity contribution < 1.29 is 9.59 Å². The molecule has 0 saturated carbocycles. The number of amides is 2. The fourth-order valence-electron chi connectivity index (χ4n) is 2.50. The van der Waals surface area contributed by atoms with Crippen molar-refractivity contribution in [2.75, 3.05) is 18.9 Å². The van der Waals surface area contributed by atoms with Gasteiger partial charge in [-0.25, -0.2) is 0 Å². The minimum atomic E-state index is -0.486. The molecule has 3 N–H and O–H groups in total. The molecular formula is C14H19N3O2. The van der Waals surface area contributed by atoms with Gasteiger partial charge in [-0.3, -0.25) is 9.59 Å². The number of carbonyl (C=O) groups excluding carboxylic acids is 2. The summed E-state index contributed by atoms with van der Waals surface area (Å²) in [6, 6.07) is 7.59. The maximum absolute atomic E-state index is 11.8. The quantitative estimate of drug-likeness (QED) is 0.752. The number of rotatable bonds is 4. The van der Waals surface area contributed by atoms with Crippen molar-refractivity contribution >= 4 is 17.5 Å². The summed E-state index contributed by atoms with van der Waals surface area (Å²) in [5.74, 6) is -0.0993. The molecule has 1 unspecified atom stereocenters. The van der Waals surface area contributed by atoms with Crippen LogP contribution in [0.25, 0.3) is 0 Å². The lowest BCUT2D eigenvalue weighted by atomic mass is 9.93. The van der Waals surface area contributed by atoms with E-state index in [2.05, 4.69) is 22.0 Å². The Labute approximate surface area is 112 Å². The van der Waals surface area contributed by atoms with Crippen LogP contribution < -0.4 is 16.0 Å². The number of hydrogen-bond donors (Lipinski definition) is 3. The number of hydrogen-bond acceptors (Lipinski definition) is 3. The van der Waals surface area contributed by atoms with Crippen LogP contribution in [0.2, 0.25) is 0 Å². The second kappa shape index (κ2) is 5.73. The van der Waals surface area contributed by atoms with Gasteiger partial charge in [0.2, 0.25) is 11.8 Å². The lowest BCUT2D eigenvalue weighted by molar-refractivity contribution is -0.128. The number of anilines is 1. The molecule has 1 aliphatic rings. The predicted octanol–water partition coefficient (Wildman–Crippen LogP) is 0.836. The molecular weight excluding hydrogens is 242 g/mol. The van der Waals surface area contributed by atoms with Crippen molar-refractivity contribution in [2.45, 2.75) is 25.3 Å². The molecule has 2 amide bonds. The van der Waals surface area contributed by atoms with Crippen molar-refractivity contribution in [3.63, 3.8) is 0 Å². The zero-order valence-electron chi connectivity index (χ0n) is 11.2. The van der Waals surface area contributed by atoms with Gasteiger partial charge < -0.3 is 16.0 Å². The van der Waals surface area contributed by atoms with E-state index in [9.17, 15) is 9.59 Å². The second-order valence-corrected chi connectivity index (χ2v) is 4.77. The van der Waals surface area contributed by atoms with E-state index in [1.165, 1.54) is 12.5 Å². The summed E-state index contributed by atoms with van der Waals surface area (Å²) in [4.78, 5) is 23.0. The SMILES string of the molecule is CNC(=O)C(C[C@@H]1CNc2ccccc21)NC(C)=O. The first-order valence-electron chi connectivity index (χ1n) is 6.43. The molecule has 1 aliphatic heterocycles. The number of para-hydroxylation sites is 1. The smallest absolute Gasteiger partial charge is 0.242 e. The first kappa shape index (κ1) is 13.4. The highest BCUT2D eigenvalue weighted by atomic mass is 16.2. The van der Waals surface area contributed by atoms with Crippen LogP contribution in [-0.4, -0.2) is 31.4 Å². The molecule has 1 heterocycles. The first-order chi connectivity index (χ1) is 9.11. The Morgan fingerprint density at radius 1 is 1.42 bits per heavy atom. The van der Waals surface area contributed by atoms with E-state index in [1.54, 1.807) is 7.05 Å². The molecule has 0 aliphatic carbocycles. The van der Waals surface area contributed by atoms with Crippen molar-refractivity contribution in [2.24, 2.45) is 0 Å². The number of likely N-dealkylation sites (N-methyl/N-ethyl adjacent to an activating group) is 1. The Kier molecular flexibility index (Phi) is 4.04. The minimum absolute atomic E-state index is 0.153. The number of benzene rings is 1. The lowest BCUT2D eigenvalue weighted by Gasteiger charge is -2.20. The third kappa shape index (κ3) is 3.05. The Morgan fingerprint density at radius 2 is 2.16 bits per heavy atom. The van der Waals surface area contributed by atoms with Gasteiger partial charge in [0.15, 0.2) is 0 Å². The Morgan fingerprint density at radius 3 is 2.84 bits per heavy atom. The second-order valence-electron chi connectivity index (χ2n) is 4.77. The molecule has 0 aromatic heterocycles.